The number of carboxylic acids is 1. The van der Waals surface area contributed by atoms with Gasteiger partial charge in [0.25, 0.3) is 0 Å². The van der Waals surface area contributed by atoms with Crippen molar-refractivity contribution in [2.75, 3.05) is 0 Å². The van der Waals surface area contributed by atoms with Crippen molar-refractivity contribution in [3.63, 3.8) is 0 Å². The predicted octanol–water partition coefficient (Wildman–Crippen LogP) is 0.0932. The molecule has 1 amide bonds. The first kappa shape index (κ1) is 12.0. The quantitative estimate of drug-likeness (QED) is 0.618. The molecule has 0 heterocycles. The first-order valence-corrected chi connectivity index (χ1v) is 5.35. The van der Waals surface area contributed by atoms with Crippen molar-refractivity contribution in [2.45, 2.75) is 44.7 Å². The van der Waals surface area contributed by atoms with E-state index < -0.39 is 17.9 Å². The molecule has 0 bridgehead atoms. The SMILES string of the molecule is CC[C@@H](N)C(=O)NC1CCCC1C(=O)O. The van der Waals surface area contributed by atoms with Crippen LogP contribution in [-0.4, -0.2) is 29.1 Å². The van der Waals surface area contributed by atoms with Gasteiger partial charge in [0.15, 0.2) is 0 Å². The Labute approximate surface area is 89.0 Å². The first-order chi connectivity index (χ1) is 7.06. The summed E-state index contributed by atoms with van der Waals surface area (Å²) >= 11 is 0. The van der Waals surface area contributed by atoms with Crippen LogP contribution in [0, 0.1) is 5.92 Å². The third-order valence-electron chi connectivity index (χ3n) is 2.94. The Morgan fingerprint density at radius 3 is 2.73 bits per heavy atom. The number of nitrogens with one attached hydrogen (secondary N) is 1. The van der Waals surface area contributed by atoms with E-state index in [9.17, 15) is 9.59 Å². The summed E-state index contributed by atoms with van der Waals surface area (Å²) in [5.74, 6) is -1.52. The molecule has 86 valence electrons. The zero-order chi connectivity index (χ0) is 11.4. The monoisotopic (exact) mass is 214 g/mol. The zero-order valence-electron chi connectivity index (χ0n) is 8.90. The Morgan fingerprint density at radius 2 is 2.20 bits per heavy atom. The minimum atomic E-state index is -0.831. The number of hydrogen-bond acceptors (Lipinski definition) is 3. The molecule has 5 heteroatoms. The Bertz CT molecular complexity index is 255. The molecular weight excluding hydrogens is 196 g/mol. The smallest absolute Gasteiger partial charge is 0.308 e. The van der Waals surface area contributed by atoms with E-state index in [0.717, 1.165) is 12.8 Å². The Balaban J connectivity index is 2.50. The van der Waals surface area contributed by atoms with E-state index in [0.29, 0.717) is 12.8 Å². The van der Waals surface area contributed by atoms with Gasteiger partial charge < -0.3 is 16.2 Å². The number of rotatable bonds is 4. The van der Waals surface area contributed by atoms with Crippen molar-refractivity contribution in [1.29, 1.82) is 0 Å². The van der Waals surface area contributed by atoms with Gasteiger partial charge in [-0.2, -0.15) is 0 Å². The molecule has 15 heavy (non-hydrogen) atoms. The molecule has 1 fully saturated rings. The highest BCUT2D eigenvalue weighted by Gasteiger charge is 2.34. The lowest BCUT2D eigenvalue weighted by Gasteiger charge is -2.19. The molecule has 2 unspecified atom stereocenters. The number of nitrogens with two attached hydrogens (primary N) is 1. The minimum Gasteiger partial charge on any atom is -0.481 e. The van der Waals surface area contributed by atoms with Crippen LogP contribution < -0.4 is 11.1 Å². The normalized spacial score (nSPS) is 27.3. The molecule has 0 aliphatic heterocycles. The predicted molar refractivity (Wildman–Crippen MR) is 55.2 cm³/mol. The van der Waals surface area contributed by atoms with Gasteiger partial charge in [-0.05, 0) is 19.3 Å². The van der Waals surface area contributed by atoms with Gasteiger partial charge in [-0.15, -0.1) is 0 Å². The van der Waals surface area contributed by atoms with E-state index in [4.69, 9.17) is 10.8 Å². The van der Waals surface area contributed by atoms with Gasteiger partial charge >= 0.3 is 5.97 Å². The van der Waals surface area contributed by atoms with Gasteiger partial charge in [0.05, 0.1) is 12.0 Å². The summed E-state index contributed by atoms with van der Waals surface area (Å²) in [5, 5.41) is 11.6. The molecule has 5 nitrogen and oxygen atoms in total. The summed E-state index contributed by atoms with van der Waals surface area (Å²) in [6, 6.07) is -0.771. The fourth-order valence-corrected chi connectivity index (χ4v) is 1.90. The third kappa shape index (κ3) is 2.92. The van der Waals surface area contributed by atoms with Gasteiger partial charge in [-0.1, -0.05) is 13.3 Å². The number of carbonyl (C=O) groups excluding carboxylic acids is 1. The lowest BCUT2D eigenvalue weighted by Crippen LogP contribution is -2.47. The van der Waals surface area contributed by atoms with E-state index in [1.807, 2.05) is 6.92 Å². The number of amides is 1. The van der Waals surface area contributed by atoms with Crippen molar-refractivity contribution in [1.82, 2.24) is 5.32 Å². The Morgan fingerprint density at radius 1 is 1.53 bits per heavy atom. The summed E-state index contributed by atoms with van der Waals surface area (Å²) < 4.78 is 0. The number of carboxylic acid groups (broad SMARTS) is 1. The molecule has 4 N–H and O–H groups in total. The lowest BCUT2D eigenvalue weighted by atomic mass is 10.0. The Kier molecular flexibility index (Phi) is 4.08. The zero-order valence-corrected chi connectivity index (χ0v) is 8.90. The second-order valence-corrected chi connectivity index (χ2v) is 4.01. The number of carbonyl (C=O) groups is 2. The molecule has 0 spiro atoms. The molecule has 0 saturated heterocycles. The maximum atomic E-state index is 11.5. The van der Waals surface area contributed by atoms with Crippen LogP contribution in [0.25, 0.3) is 0 Å². The molecule has 1 aliphatic rings. The maximum absolute atomic E-state index is 11.5. The molecule has 1 rings (SSSR count). The van der Waals surface area contributed by atoms with Gasteiger partial charge in [0, 0.05) is 6.04 Å². The largest absolute Gasteiger partial charge is 0.481 e. The molecule has 1 aliphatic carbocycles. The van der Waals surface area contributed by atoms with Crippen LogP contribution in [0.1, 0.15) is 32.6 Å². The summed E-state index contributed by atoms with van der Waals surface area (Å²) in [4.78, 5) is 22.3. The number of hydrogen-bond donors (Lipinski definition) is 3. The maximum Gasteiger partial charge on any atom is 0.308 e. The average Bonchev–Trinajstić information content (AvgIpc) is 2.64. The summed E-state index contributed by atoms with van der Waals surface area (Å²) in [7, 11) is 0. The summed E-state index contributed by atoms with van der Waals surface area (Å²) in [6.07, 6.45) is 2.79. The molecule has 0 radical (unpaired) electrons. The van der Waals surface area contributed by atoms with Gasteiger partial charge in [-0.25, -0.2) is 0 Å². The average molecular weight is 214 g/mol. The van der Waals surface area contributed by atoms with Crippen LogP contribution in [0.15, 0.2) is 0 Å². The molecular formula is C10H18N2O3. The topological polar surface area (TPSA) is 92.4 Å². The van der Waals surface area contributed by atoms with Crippen LogP contribution in [0.3, 0.4) is 0 Å². The van der Waals surface area contributed by atoms with Crippen molar-refractivity contribution in [3.8, 4) is 0 Å². The molecule has 0 aromatic rings. The molecule has 0 aromatic heterocycles. The molecule has 1 saturated carbocycles. The van der Waals surface area contributed by atoms with E-state index >= 15 is 0 Å². The fourth-order valence-electron chi connectivity index (χ4n) is 1.90. The van der Waals surface area contributed by atoms with E-state index in [2.05, 4.69) is 5.32 Å². The fraction of sp³-hybridized carbons (Fsp3) is 0.800. The van der Waals surface area contributed by atoms with Crippen LogP contribution in [0.2, 0.25) is 0 Å². The van der Waals surface area contributed by atoms with Gasteiger partial charge in [0.1, 0.15) is 0 Å². The van der Waals surface area contributed by atoms with Crippen LogP contribution in [0.4, 0.5) is 0 Å². The minimum absolute atomic E-state index is 0.240. The highest BCUT2D eigenvalue weighted by molar-refractivity contribution is 5.82. The van der Waals surface area contributed by atoms with Crippen LogP contribution >= 0.6 is 0 Å². The highest BCUT2D eigenvalue weighted by atomic mass is 16.4. The third-order valence-corrected chi connectivity index (χ3v) is 2.94. The van der Waals surface area contributed by atoms with Gasteiger partial charge in [0.2, 0.25) is 5.91 Å². The van der Waals surface area contributed by atoms with Gasteiger partial charge in [-0.3, -0.25) is 9.59 Å². The lowest BCUT2D eigenvalue weighted by molar-refractivity contribution is -0.142. The molecule has 0 aromatic carbocycles. The summed E-state index contributed by atoms with van der Waals surface area (Å²) in [5.41, 5.74) is 5.56. The van der Waals surface area contributed by atoms with Crippen molar-refractivity contribution >= 4 is 11.9 Å². The van der Waals surface area contributed by atoms with Crippen molar-refractivity contribution in [2.24, 2.45) is 11.7 Å². The highest BCUT2D eigenvalue weighted by Crippen LogP contribution is 2.25. The molecule has 3 atom stereocenters. The standard InChI is InChI=1S/C10H18N2O3/c1-2-7(11)9(13)12-8-5-3-4-6(8)10(14)15/h6-8H,2-5,11H2,1H3,(H,12,13)(H,14,15)/t6?,7-,8?/m1/s1. The Hall–Kier alpha value is -1.10. The number of aliphatic carboxylic acids is 1. The van der Waals surface area contributed by atoms with E-state index in [-0.39, 0.29) is 11.9 Å². The van der Waals surface area contributed by atoms with Crippen LogP contribution in [-0.2, 0) is 9.59 Å². The van der Waals surface area contributed by atoms with E-state index in [1.54, 1.807) is 0 Å². The van der Waals surface area contributed by atoms with E-state index in [1.165, 1.54) is 0 Å². The van der Waals surface area contributed by atoms with Crippen molar-refractivity contribution < 1.29 is 14.7 Å². The first-order valence-electron chi connectivity index (χ1n) is 5.35. The van der Waals surface area contributed by atoms with Crippen molar-refractivity contribution in [3.05, 3.63) is 0 Å². The second-order valence-electron chi connectivity index (χ2n) is 4.01. The van der Waals surface area contributed by atoms with Crippen LogP contribution in [0.5, 0.6) is 0 Å². The second kappa shape index (κ2) is 5.11. The summed E-state index contributed by atoms with van der Waals surface area (Å²) in [6.45, 7) is 1.83.